The Labute approximate surface area is 127 Å². The van der Waals surface area contributed by atoms with Crippen molar-refractivity contribution in [2.24, 2.45) is 0 Å². The summed E-state index contributed by atoms with van der Waals surface area (Å²) in [4.78, 5) is 0.0925. The number of nitrogens with one attached hydrogen (secondary N) is 1. The standard InChI is InChI=1S/C14H14BrNO3S/c1-10-3-6-12(7-4-10)16-20(17,18)14-9-11(15)5-8-13(14)19-2/h3-9,16H,1-2H3. The molecule has 0 spiro atoms. The molecular formula is C14H14BrNO3S. The van der Waals surface area contributed by atoms with E-state index in [1.807, 2.05) is 19.1 Å². The van der Waals surface area contributed by atoms with E-state index in [1.165, 1.54) is 13.2 Å². The minimum Gasteiger partial charge on any atom is -0.495 e. The van der Waals surface area contributed by atoms with E-state index in [0.29, 0.717) is 15.9 Å². The molecule has 20 heavy (non-hydrogen) atoms. The van der Waals surface area contributed by atoms with Crippen molar-refractivity contribution >= 4 is 31.6 Å². The second-order valence-corrected chi connectivity index (χ2v) is 6.83. The zero-order valence-electron chi connectivity index (χ0n) is 11.1. The third-order valence-corrected chi connectivity index (χ3v) is 4.61. The SMILES string of the molecule is COc1ccc(Br)cc1S(=O)(=O)Nc1ccc(C)cc1. The summed E-state index contributed by atoms with van der Waals surface area (Å²) in [6.07, 6.45) is 0. The van der Waals surface area contributed by atoms with Gasteiger partial charge < -0.3 is 4.74 Å². The molecule has 6 heteroatoms. The lowest BCUT2D eigenvalue weighted by molar-refractivity contribution is 0.403. The van der Waals surface area contributed by atoms with Gasteiger partial charge >= 0.3 is 0 Å². The number of sulfonamides is 1. The van der Waals surface area contributed by atoms with E-state index >= 15 is 0 Å². The third-order valence-electron chi connectivity index (χ3n) is 2.72. The summed E-state index contributed by atoms with van der Waals surface area (Å²) < 4.78 is 33.1. The molecule has 2 aromatic rings. The first kappa shape index (κ1) is 14.9. The Hall–Kier alpha value is -1.53. The highest BCUT2D eigenvalue weighted by Gasteiger charge is 2.20. The molecule has 0 saturated heterocycles. The van der Waals surface area contributed by atoms with Gasteiger partial charge in [-0.2, -0.15) is 0 Å². The molecule has 0 aliphatic rings. The summed E-state index contributed by atoms with van der Waals surface area (Å²) in [5, 5.41) is 0. The van der Waals surface area contributed by atoms with Gasteiger partial charge in [-0.05, 0) is 37.3 Å². The zero-order valence-corrected chi connectivity index (χ0v) is 13.5. The van der Waals surface area contributed by atoms with E-state index < -0.39 is 10.0 Å². The second-order valence-electron chi connectivity index (χ2n) is 4.27. The first-order valence-electron chi connectivity index (χ1n) is 5.85. The maximum absolute atomic E-state index is 12.4. The van der Waals surface area contributed by atoms with Crippen LogP contribution in [0.15, 0.2) is 51.8 Å². The van der Waals surface area contributed by atoms with Crippen molar-refractivity contribution in [1.82, 2.24) is 0 Å². The topological polar surface area (TPSA) is 55.4 Å². The molecule has 0 bridgehead atoms. The van der Waals surface area contributed by atoms with Gasteiger partial charge in [-0.25, -0.2) is 8.42 Å². The molecule has 0 radical (unpaired) electrons. The van der Waals surface area contributed by atoms with Crippen LogP contribution >= 0.6 is 15.9 Å². The highest BCUT2D eigenvalue weighted by molar-refractivity contribution is 9.10. The van der Waals surface area contributed by atoms with Crippen LogP contribution in [0, 0.1) is 6.92 Å². The van der Waals surface area contributed by atoms with Crippen LogP contribution in [0.4, 0.5) is 5.69 Å². The lowest BCUT2D eigenvalue weighted by Gasteiger charge is -2.12. The molecule has 1 N–H and O–H groups in total. The smallest absolute Gasteiger partial charge is 0.265 e. The predicted molar refractivity (Wildman–Crippen MR) is 82.7 cm³/mol. The van der Waals surface area contributed by atoms with Crippen LogP contribution in [0.1, 0.15) is 5.56 Å². The minimum absolute atomic E-state index is 0.0925. The lowest BCUT2D eigenvalue weighted by atomic mass is 10.2. The zero-order chi connectivity index (χ0) is 14.8. The molecule has 0 aromatic heterocycles. The number of benzene rings is 2. The van der Waals surface area contributed by atoms with Gasteiger partial charge in [0.15, 0.2) is 0 Å². The Kier molecular flexibility index (Phi) is 4.35. The van der Waals surface area contributed by atoms with Gasteiger partial charge in [0, 0.05) is 10.2 Å². The second kappa shape index (κ2) is 5.85. The molecular weight excluding hydrogens is 342 g/mol. The fraction of sp³-hybridized carbons (Fsp3) is 0.143. The summed E-state index contributed by atoms with van der Waals surface area (Å²) >= 11 is 3.27. The number of rotatable bonds is 4. The van der Waals surface area contributed by atoms with Crippen LogP contribution in [-0.4, -0.2) is 15.5 Å². The summed E-state index contributed by atoms with van der Waals surface area (Å²) in [7, 11) is -2.26. The van der Waals surface area contributed by atoms with E-state index in [1.54, 1.807) is 24.3 Å². The van der Waals surface area contributed by atoms with Crippen LogP contribution < -0.4 is 9.46 Å². The number of methoxy groups -OCH3 is 1. The molecule has 0 atom stereocenters. The van der Waals surface area contributed by atoms with Crippen molar-refractivity contribution in [1.29, 1.82) is 0 Å². The Bertz CT molecular complexity index is 712. The maximum atomic E-state index is 12.4. The van der Waals surface area contributed by atoms with Crippen LogP contribution in [0.5, 0.6) is 5.75 Å². The van der Waals surface area contributed by atoms with Gasteiger partial charge in [-0.15, -0.1) is 0 Å². The van der Waals surface area contributed by atoms with Gasteiger partial charge in [-0.3, -0.25) is 4.72 Å². The number of ether oxygens (including phenoxy) is 1. The molecule has 0 amide bonds. The minimum atomic E-state index is -3.70. The van der Waals surface area contributed by atoms with Crippen LogP contribution in [0.25, 0.3) is 0 Å². The number of aryl methyl sites for hydroxylation is 1. The van der Waals surface area contributed by atoms with Crippen molar-refractivity contribution in [3.05, 3.63) is 52.5 Å². The van der Waals surface area contributed by atoms with Gasteiger partial charge in [0.25, 0.3) is 10.0 Å². The first-order chi connectivity index (χ1) is 9.42. The summed E-state index contributed by atoms with van der Waals surface area (Å²) in [6, 6.07) is 12.0. The Morgan fingerprint density at radius 3 is 2.35 bits per heavy atom. The van der Waals surface area contributed by atoms with Gasteiger partial charge in [0.05, 0.1) is 7.11 Å². The molecule has 4 nitrogen and oxygen atoms in total. The number of anilines is 1. The fourth-order valence-corrected chi connectivity index (χ4v) is 3.46. The molecule has 2 rings (SSSR count). The summed E-state index contributed by atoms with van der Waals surface area (Å²) in [5.41, 5.74) is 1.57. The molecule has 0 fully saturated rings. The van der Waals surface area contributed by atoms with Crippen molar-refractivity contribution in [3.8, 4) is 5.75 Å². The van der Waals surface area contributed by atoms with E-state index in [4.69, 9.17) is 4.74 Å². The molecule has 106 valence electrons. The average Bonchev–Trinajstić information content (AvgIpc) is 2.41. The molecule has 0 aliphatic heterocycles. The van der Waals surface area contributed by atoms with Crippen molar-refractivity contribution in [3.63, 3.8) is 0 Å². The Morgan fingerprint density at radius 2 is 1.75 bits per heavy atom. The summed E-state index contributed by atoms with van der Waals surface area (Å²) in [5.74, 6) is 0.299. The number of hydrogen-bond donors (Lipinski definition) is 1. The predicted octanol–water partition coefficient (Wildman–Crippen LogP) is 3.57. The Balaban J connectivity index is 2.40. The average molecular weight is 356 g/mol. The van der Waals surface area contributed by atoms with E-state index in [9.17, 15) is 8.42 Å². The fourth-order valence-electron chi connectivity index (χ4n) is 1.69. The van der Waals surface area contributed by atoms with Crippen LogP contribution in [0.2, 0.25) is 0 Å². The molecule has 0 saturated carbocycles. The van der Waals surface area contributed by atoms with Crippen LogP contribution in [0.3, 0.4) is 0 Å². The van der Waals surface area contributed by atoms with Gasteiger partial charge in [0.2, 0.25) is 0 Å². The molecule has 2 aromatic carbocycles. The normalized spacial score (nSPS) is 11.2. The number of hydrogen-bond acceptors (Lipinski definition) is 3. The van der Waals surface area contributed by atoms with E-state index in [-0.39, 0.29) is 4.90 Å². The highest BCUT2D eigenvalue weighted by atomic mass is 79.9. The van der Waals surface area contributed by atoms with Gasteiger partial charge in [-0.1, -0.05) is 33.6 Å². The van der Waals surface area contributed by atoms with Gasteiger partial charge in [0.1, 0.15) is 10.6 Å². The monoisotopic (exact) mass is 355 g/mol. The van der Waals surface area contributed by atoms with Crippen molar-refractivity contribution in [2.75, 3.05) is 11.8 Å². The molecule has 0 aliphatic carbocycles. The van der Waals surface area contributed by atoms with Crippen molar-refractivity contribution < 1.29 is 13.2 Å². The first-order valence-corrected chi connectivity index (χ1v) is 8.13. The summed E-state index contributed by atoms with van der Waals surface area (Å²) in [6.45, 7) is 1.94. The molecule has 0 heterocycles. The maximum Gasteiger partial charge on any atom is 0.265 e. The number of halogens is 1. The molecule has 0 unspecified atom stereocenters. The van der Waals surface area contributed by atoms with Crippen LogP contribution in [-0.2, 0) is 10.0 Å². The third kappa shape index (κ3) is 3.32. The largest absolute Gasteiger partial charge is 0.495 e. The van der Waals surface area contributed by atoms with Crippen molar-refractivity contribution in [2.45, 2.75) is 11.8 Å². The highest BCUT2D eigenvalue weighted by Crippen LogP contribution is 2.28. The van der Waals surface area contributed by atoms with E-state index in [0.717, 1.165) is 5.56 Å². The van der Waals surface area contributed by atoms with E-state index in [2.05, 4.69) is 20.7 Å². The lowest BCUT2D eigenvalue weighted by Crippen LogP contribution is -2.14. The Morgan fingerprint density at radius 1 is 1.10 bits per heavy atom. The quantitative estimate of drug-likeness (QED) is 0.911.